The van der Waals surface area contributed by atoms with Gasteiger partial charge in [-0.3, -0.25) is 14.3 Å². The highest BCUT2D eigenvalue weighted by atomic mass is 32.2. The number of thiophene rings is 1. The molecule has 0 spiro atoms. The largest absolute Gasteiger partial charge is 0.339 e. The zero-order valence-corrected chi connectivity index (χ0v) is 17.6. The summed E-state index contributed by atoms with van der Waals surface area (Å²) in [5.41, 5.74) is 2.20. The van der Waals surface area contributed by atoms with E-state index < -0.39 is 0 Å². The van der Waals surface area contributed by atoms with Gasteiger partial charge in [-0.25, -0.2) is 4.98 Å². The van der Waals surface area contributed by atoms with Gasteiger partial charge in [0.2, 0.25) is 11.7 Å². The number of aryl methyl sites for hydroxylation is 3. The molecule has 0 saturated heterocycles. The third kappa shape index (κ3) is 3.49. The second kappa shape index (κ2) is 7.72. The fourth-order valence-corrected chi connectivity index (χ4v) is 5.81. The van der Waals surface area contributed by atoms with E-state index in [0.29, 0.717) is 18.1 Å². The highest BCUT2D eigenvalue weighted by Gasteiger charge is 2.22. The van der Waals surface area contributed by atoms with Crippen molar-refractivity contribution in [2.45, 2.75) is 37.3 Å². The summed E-state index contributed by atoms with van der Waals surface area (Å²) in [5, 5.41) is 5.64. The van der Waals surface area contributed by atoms with Crippen LogP contribution in [0, 0.1) is 0 Å². The maximum Gasteiger partial charge on any atom is 0.262 e. The molecule has 0 atom stereocenters. The summed E-state index contributed by atoms with van der Waals surface area (Å²) in [6.07, 6.45) is 8.19. The molecule has 0 aromatic carbocycles. The number of rotatable bonds is 6. The third-order valence-corrected chi connectivity index (χ3v) is 7.38. The highest BCUT2D eigenvalue weighted by Crippen LogP contribution is 2.35. The van der Waals surface area contributed by atoms with Crippen LogP contribution in [0.25, 0.3) is 21.6 Å². The fourth-order valence-electron chi connectivity index (χ4n) is 3.60. The van der Waals surface area contributed by atoms with Crippen LogP contribution in [0.1, 0.15) is 29.2 Å². The first-order chi connectivity index (χ1) is 14.2. The van der Waals surface area contributed by atoms with Gasteiger partial charge >= 0.3 is 0 Å². The number of pyridine rings is 1. The van der Waals surface area contributed by atoms with Crippen LogP contribution in [0.3, 0.4) is 0 Å². The van der Waals surface area contributed by atoms with Crippen molar-refractivity contribution >= 4 is 33.3 Å². The summed E-state index contributed by atoms with van der Waals surface area (Å²) in [4.78, 5) is 28.3. The Morgan fingerprint density at radius 2 is 2.10 bits per heavy atom. The Bertz CT molecular complexity index is 1230. The molecular formula is C20H19N5O2S2. The average molecular weight is 426 g/mol. The molecule has 5 rings (SSSR count). The Hall–Kier alpha value is -2.52. The number of hydrogen-bond acceptors (Lipinski definition) is 8. The minimum atomic E-state index is 0.0794. The quantitative estimate of drug-likeness (QED) is 0.265. The lowest BCUT2D eigenvalue weighted by molar-refractivity contribution is 0.378. The van der Waals surface area contributed by atoms with E-state index in [4.69, 9.17) is 9.51 Å². The van der Waals surface area contributed by atoms with Crippen molar-refractivity contribution in [2.75, 3.05) is 5.75 Å². The summed E-state index contributed by atoms with van der Waals surface area (Å²) in [7, 11) is 1.81. The van der Waals surface area contributed by atoms with E-state index in [2.05, 4.69) is 15.1 Å². The molecule has 9 heteroatoms. The van der Waals surface area contributed by atoms with Gasteiger partial charge in [0.15, 0.2) is 5.16 Å². The number of hydrogen-bond donors (Lipinski definition) is 0. The van der Waals surface area contributed by atoms with Crippen molar-refractivity contribution in [3.8, 4) is 11.4 Å². The van der Waals surface area contributed by atoms with Crippen molar-refractivity contribution in [3.63, 3.8) is 0 Å². The average Bonchev–Trinajstić information content (AvgIpc) is 3.45. The highest BCUT2D eigenvalue weighted by molar-refractivity contribution is 7.99. The lowest BCUT2D eigenvalue weighted by Gasteiger charge is -2.07. The van der Waals surface area contributed by atoms with Crippen LogP contribution >= 0.6 is 23.1 Å². The molecule has 4 aromatic heterocycles. The molecule has 4 heterocycles. The molecule has 29 heavy (non-hydrogen) atoms. The lowest BCUT2D eigenvalue weighted by atomic mass is 10.2. The molecule has 0 unspecified atom stereocenters. The number of fused-ring (bicyclic) bond motifs is 3. The molecule has 0 amide bonds. The summed E-state index contributed by atoms with van der Waals surface area (Å²) in [6, 6.07) is 3.71. The predicted octanol–water partition coefficient (Wildman–Crippen LogP) is 3.65. The van der Waals surface area contributed by atoms with E-state index in [1.165, 1.54) is 10.4 Å². The van der Waals surface area contributed by atoms with Gasteiger partial charge in [-0.1, -0.05) is 16.9 Å². The fraction of sp³-hybridized carbons (Fsp3) is 0.350. The smallest absolute Gasteiger partial charge is 0.262 e. The molecule has 0 fully saturated rings. The maximum atomic E-state index is 12.8. The van der Waals surface area contributed by atoms with Crippen molar-refractivity contribution in [1.29, 1.82) is 0 Å². The van der Waals surface area contributed by atoms with Crippen LogP contribution in [0.5, 0.6) is 0 Å². The second-order valence-corrected chi connectivity index (χ2v) is 9.14. The van der Waals surface area contributed by atoms with E-state index in [1.807, 2.05) is 19.2 Å². The lowest BCUT2D eigenvalue weighted by Crippen LogP contribution is -2.20. The Balaban J connectivity index is 1.24. The van der Waals surface area contributed by atoms with Crippen LogP contribution in [0.2, 0.25) is 0 Å². The first kappa shape index (κ1) is 18.5. The zero-order chi connectivity index (χ0) is 19.8. The summed E-state index contributed by atoms with van der Waals surface area (Å²) >= 11 is 3.28. The Morgan fingerprint density at radius 3 is 2.97 bits per heavy atom. The van der Waals surface area contributed by atoms with E-state index in [1.54, 1.807) is 40.1 Å². The van der Waals surface area contributed by atoms with E-state index >= 15 is 0 Å². The van der Waals surface area contributed by atoms with E-state index in [0.717, 1.165) is 52.4 Å². The standard InChI is InChI=1S/C20H19N5O2S2/c1-25-19(26)16-13-4-2-5-14(13)29-18(16)23-20(25)28-11-3-6-15-22-17(24-27-15)12-7-9-21-10-8-12/h7-10H,2-6,11H2,1H3. The van der Waals surface area contributed by atoms with Crippen molar-refractivity contribution in [2.24, 2.45) is 7.05 Å². The maximum absolute atomic E-state index is 12.8. The Morgan fingerprint density at radius 1 is 1.24 bits per heavy atom. The van der Waals surface area contributed by atoms with Crippen LogP contribution in [0.4, 0.5) is 0 Å². The Kier molecular flexibility index (Phi) is 4.92. The molecular weight excluding hydrogens is 406 g/mol. The Labute approximate surface area is 175 Å². The van der Waals surface area contributed by atoms with Gasteiger partial charge in [-0.2, -0.15) is 4.98 Å². The van der Waals surface area contributed by atoms with Gasteiger partial charge in [0.25, 0.3) is 5.56 Å². The third-order valence-electron chi connectivity index (χ3n) is 5.08. The minimum absolute atomic E-state index is 0.0794. The number of nitrogens with zero attached hydrogens (tertiary/aromatic N) is 5. The van der Waals surface area contributed by atoms with Gasteiger partial charge in [-0.05, 0) is 43.4 Å². The molecule has 0 N–H and O–H groups in total. The summed E-state index contributed by atoms with van der Waals surface area (Å²) < 4.78 is 7.03. The summed E-state index contributed by atoms with van der Waals surface area (Å²) in [6.45, 7) is 0. The number of aromatic nitrogens is 5. The first-order valence-corrected chi connectivity index (χ1v) is 11.4. The molecule has 0 bridgehead atoms. The van der Waals surface area contributed by atoms with Gasteiger partial charge in [0.1, 0.15) is 4.83 Å². The topological polar surface area (TPSA) is 86.7 Å². The van der Waals surface area contributed by atoms with Gasteiger partial charge in [0, 0.05) is 42.1 Å². The normalized spacial score (nSPS) is 13.3. The van der Waals surface area contributed by atoms with Crippen molar-refractivity contribution in [1.82, 2.24) is 24.7 Å². The van der Waals surface area contributed by atoms with E-state index in [-0.39, 0.29) is 5.56 Å². The van der Waals surface area contributed by atoms with Crippen LogP contribution in [-0.2, 0) is 26.3 Å². The van der Waals surface area contributed by atoms with Crippen molar-refractivity contribution < 1.29 is 4.52 Å². The molecule has 148 valence electrons. The number of thioether (sulfide) groups is 1. The SMILES string of the molecule is Cn1c(SCCCc2nc(-c3ccncc3)no2)nc2sc3c(c2c1=O)CCC3. The molecule has 4 aromatic rings. The van der Waals surface area contributed by atoms with Gasteiger partial charge in [-0.15, -0.1) is 11.3 Å². The molecule has 0 aliphatic heterocycles. The zero-order valence-electron chi connectivity index (χ0n) is 15.9. The van der Waals surface area contributed by atoms with Gasteiger partial charge < -0.3 is 4.52 Å². The van der Waals surface area contributed by atoms with Crippen LogP contribution < -0.4 is 5.56 Å². The summed E-state index contributed by atoms with van der Waals surface area (Å²) in [5.74, 6) is 2.02. The second-order valence-electron chi connectivity index (χ2n) is 7.00. The molecule has 1 aliphatic carbocycles. The van der Waals surface area contributed by atoms with Gasteiger partial charge in [0.05, 0.1) is 5.39 Å². The molecule has 0 radical (unpaired) electrons. The monoisotopic (exact) mass is 425 g/mol. The predicted molar refractivity (Wildman–Crippen MR) is 113 cm³/mol. The molecule has 7 nitrogen and oxygen atoms in total. The van der Waals surface area contributed by atoms with Crippen molar-refractivity contribution in [3.05, 3.63) is 51.2 Å². The molecule has 1 aliphatic rings. The first-order valence-electron chi connectivity index (χ1n) is 9.58. The molecule has 0 saturated carbocycles. The van der Waals surface area contributed by atoms with Crippen LogP contribution in [0.15, 0.2) is 39.0 Å². The van der Waals surface area contributed by atoms with E-state index in [9.17, 15) is 4.79 Å². The van der Waals surface area contributed by atoms with Crippen LogP contribution in [-0.4, -0.2) is 30.4 Å². The minimum Gasteiger partial charge on any atom is -0.339 e.